The molecule has 0 heterocycles. The topological polar surface area (TPSA) is 93.5 Å². The van der Waals surface area contributed by atoms with Gasteiger partial charge in [0.15, 0.2) is 0 Å². The van der Waals surface area contributed by atoms with E-state index in [1.54, 1.807) is 0 Å². The molecule has 0 unspecified atom stereocenters. The molecule has 1 atom stereocenters. The highest BCUT2D eigenvalue weighted by Gasteiger charge is 2.33. The summed E-state index contributed by atoms with van der Waals surface area (Å²) in [4.78, 5) is 24.0. The third-order valence-electron chi connectivity index (χ3n) is 4.55. The van der Waals surface area contributed by atoms with Gasteiger partial charge in [0.05, 0.1) is 0 Å². The fourth-order valence-corrected chi connectivity index (χ4v) is 3.32. The summed E-state index contributed by atoms with van der Waals surface area (Å²) < 4.78 is 40.1. The van der Waals surface area contributed by atoms with Crippen LogP contribution in [0.15, 0.2) is 24.3 Å². The number of alkyl halides is 3. The summed E-state index contributed by atoms with van der Waals surface area (Å²) in [6, 6.07) is 5.27. The van der Waals surface area contributed by atoms with Crippen molar-refractivity contribution in [2.24, 2.45) is 17.6 Å². The van der Waals surface area contributed by atoms with Gasteiger partial charge in [-0.15, -0.1) is 13.2 Å². The van der Waals surface area contributed by atoms with E-state index in [1.165, 1.54) is 24.3 Å². The minimum atomic E-state index is -4.73. The molecule has 1 fully saturated rings. The maximum atomic E-state index is 12.3. The number of hydrogen-bond acceptors (Lipinski definition) is 4. The molecule has 1 aliphatic rings. The van der Waals surface area contributed by atoms with Crippen molar-refractivity contribution in [3.63, 3.8) is 0 Å². The third kappa shape index (κ3) is 6.99. The summed E-state index contributed by atoms with van der Waals surface area (Å²) in [6.07, 6.45) is 0.0285. The Bertz CT molecular complexity index is 629. The minimum absolute atomic E-state index is 0.00890. The highest BCUT2D eigenvalue weighted by atomic mass is 19.4. The van der Waals surface area contributed by atoms with Crippen molar-refractivity contribution in [2.45, 2.75) is 38.5 Å². The Hall–Kier alpha value is -2.45. The maximum Gasteiger partial charge on any atom is 0.573 e. The second kappa shape index (κ2) is 9.48. The minimum Gasteiger partial charge on any atom is -0.406 e. The van der Waals surface area contributed by atoms with Crippen LogP contribution in [0.4, 0.5) is 18.9 Å². The van der Waals surface area contributed by atoms with Gasteiger partial charge in [0, 0.05) is 18.8 Å². The van der Waals surface area contributed by atoms with Crippen LogP contribution in [0.1, 0.15) is 32.1 Å². The number of nitrogens with one attached hydrogen (secondary N) is 2. The second-order valence-electron chi connectivity index (χ2n) is 6.57. The van der Waals surface area contributed by atoms with Crippen LogP contribution in [-0.2, 0) is 9.59 Å². The summed E-state index contributed by atoms with van der Waals surface area (Å²) in [5.41, 5.74) is 6.00. The monoisotopic (exact) mass is 387 g/mol. The molecule has 0 aromatic heterocycles. The van der Waals surface area contributed by atoms with E-state index >= 15 is 0 Å². The lowest BCUT2D eigenvalue weighted by molar-refractivity contribution is -0.274. The fourth-order valence-electron chi connectivity index (χ4n) is 3.32. The smallest absolute Gasteiger partial charge is 0.406 e. The van der Waals surface area contributed by atoms with Gasteiger partial charge in [-0.3, -0.25) is 9.59 Å². The molecular weight excluding hydrogens is 363 g/mol. The van der Waals surface area contributed by atoms with Gasteiger partial charge in [-0.1, -0.05) is 19.3 Å². The molecule has 0 bridgehead atoms. The Morgan fingerprint density at radius 1 is 1.11 bits per heavy atom. The van der Waals surface area contributed by atoms with Gasteiger partial charge in [-0.05, 0) is 43.0 Å². The van der Waals surface area contributed by atoms with Crippen LogP contribution in [0.2, 0.25) is 0 Å². The van der Waals surface area contributed by atoms with E-state index in [9.17, 15) is 22.8 Å². The zero-order valence-corrected chi connectivity index (χ0v) is 14.8. The molecule has 2 amide bonds. The number of amides is 2. The van der Waals surface area contributed by atoms with E-state index < -0.39 is 18.2 Å². The summed E-state index contributed by atoms with van der Waals surface area (Å²) in [5.74, 6) is -2.11. The summed E-state index contributed by atoms with van der Waals surface area (Å²) in [7, 11) is 0. The Morgan fingerprint density at radius 3 is 2.30 bits per heavy atom. The summed E-state index contributed by atoms with van der Waals surface area (Å²) in [5, 5.41) is 5.67. The Morgan fingerprint density at radius 2 is 1.74 bits per heavy atom. The average Bonchev–Trinajstić information content (AvgIpc) is 2.59. The number of halogens is 3. The van der Waals surface area contributed by atoms with Gasteiger partial charge >= 0.3 is 6.36 Å². The van der Waals surface area contributed by atoms with E-state index in [0.717, 1.165) is 32.1 Å². The van der Waals surface area contributed by atoms with Crippen molar-refractivity contribution >= 4 is 17.5 Å². The molecule has 0 spiro atoms. The molecule has 2 rings (SSSR count). The number of benzene rings is 1. The first-order chi connectivity index (χ1) is 12.8. The van der Waals surface area contributed by atoms with Gasteiger partial charge in [-0.25, -0.2) is 0 Å². The zero-order chi connectivity index (χ0) is 19.9. The predicted molar refractivity (Wildman–Crippen MR) is 93.9 cm³/mol. The fraction of sp³-hybridized carbons (Fsp3) is 0.556. The van der Waals surface area contributed by atoms with Crippen LogP contribution in [0.5, 0.6) is 5.75 Å². The molecule has 9 heteroatoms. The van der Waals surface area contributed by atoms with Crippen LogP contribution >= 0.6 is 0 Å². The van der Waals surface area contributed by atoms with Crippen molar-refractivity contribution in [3.8, 4) is 5.75 Å². The quantitative estimate of drug-likeness (QED) is 0.472. The SMILES string of the molecule is NC(=O)[C@@H](C(=O)NCCNc1ccc(OC(F)(F)F)cc1)C1CCCCC1. The lowest BCUT2D eigenvalue weighted by Gasteiger charge is -2.27. The van der Waals surface area contributed by atoms with E-state index in [1.807, 2.05) is 0 Å². The maximum absolute atomic E-state index is 12.3. The molecule has 1 aromatic rings. The first-order valence-electron chi connectivity index (χ1n) is 8.93. The van der Waals surface area contributed by atoms with Gasteiger partial charge in [0.1, 0.15) is 11.7 Å². The Balaban J connectivity index is 1.76. The molecule has 1 saturated carbocycles. The van der Waals surface area contributed by atoms with Crippen molar-refractivity contribution in [3.05, 3.63) is 24.3 Å². The van der Waals surface area contributed by atoms with E-state index in [0.29, 0.717) is 12.2 Å². The number of carbonyl (C=O) groups excluding carboxylic acids is 2. The molecule has 0 radical (unpaired) electrons. The Kier molecular flexibility index (Phi) is 7.32. The number of primary amides is 1. The van der Waals surface area contributed by atoms with Crippen molar-refractivity contribution in [2.75, 3.05) is 18.4 Å². The van der Waals surface area contributed by atoms with Crippen molar-refractivity contribution in [1.82, 2.24) is 5.32 Å². The van der Waals surface area contributed by atoms with Crippen LogP contribution in [0.3, 0.4) is 0 Å². The predicted octanol–water partition coefficient (Wildman–Crippen LogP) is 2.80. The third-order valence-corrected chi connectivity index (χ3v) is 4.55. The van der Waals surface area contributed by atoms with Gasteiger partial charge in [0.2, 0.25) is 11.8 Å². The van der Waals surface area contributed by atoms with Crippen molar-refractivity contribution in [1.29, 1.82) is 0 Å². The van der Waals surface area contributed by atoms with Gasteiger partial charge in [0.25, 0.3) is 0 Å². The van der Waals surface area contributed by atoms with E-state index in [4.69, 9.17) is 5.73 Å². The number of ether oxygens (including phenoxy) is 1. The lowest BCUT2D eigenvalue weighted by Crippen LogP contribution is -2.44. The molecule has 4 N–H and O–H groups in total. The number of anilines is 1. The molecule has 1 aromatic carbocycles. The normalized spacial score (nSPS) is 16.4. The summed E-state index contributed by atoms with van der Waals surface area (Å²) in [6.45, 7) is 0.609. The van der Waals surface area contributed by atoms with E-state index in [-0.39, 0.29) is 24.1 Å². The summed E-state index contributed by atoms with van der Waals surface area (Å²) >= 11 is 0. The molecule has 0 saturated heterocycles. The number of carbonyl (C=O) groups is 2. The number of hydrogen-bond donors (Lipinski definition) is 3. The number of nitrogens with two attached hydrogens (primary N) is 1. The second-order valence-corrected chi connectivity index (χ2v) is 6.57. The first kappa shape index (κ1) is 20.9. The lowest BCUT2D eigenvalue weighted by atomic mass is 9.79. The van der Waals surface area contributed by atoms with Crippen LogP contribution in [0.25, 0.3) is 0 Å². The molecule has 0 aliphatic heterocycles. The zero-order valence-electron chi connectivity index (χ0n) is 14.8. The molecule has 150 valence electrons. The van der Waals surface area contributed by atoms with E-state index in [2.05, 4.69) is 15.4 Å². The van der Waals surface area contributed by atoms with Crippen LogP contribution in [-0.4, -0.2) is 31.3 Å². The van der Waals surface area contributed by atoms with Gasteiger partial charge in [-0.2, -0.15) is 0 Å². The van der Waals surface area contributed by atoms with Crippen LogP contribution < -0.4 is 21.1 Å². The highest BCUT2D eigenvalue weighted by molar-refractivity contribution is 5.99. The number of rotatable bonds is 8. The highest BCUT2D eigenvalue weighted by Crippen LogP contribution is 2.30. The molecular formula is C18H24F3N3O3. The standard InChI is InChI=1S/C18H24F3N3O3/c19-18(20,21)27-14-8-6-13(7-9-14)23-10-11-24-17(26)15(16(22)25)12-4-2-1-3-5-12/h6-9,12,15,23H,1-5,10-11H2,(H2,22,25)(H,24,26)/t15-/m0/s1. The van der Waals surface area contributed by atoms with Gasteiger partial charge < -0.3 is 21.1 Å². The van der Waals surface area contributed by atoms with Crippen LogP contribution in [0, 0.1) is 11.8 Å². The first-order valence-corrected chi connectivity index (χ1v) is 8.93. The molecule has 6 nitrogen and oxygen atoms in total. The molecule has 1 aliphatic carbocycles. The average molecular weight is 387 g/mol. The largest absolute Gasteiger partial charge is 0.573 e. The Labute approximate surface area is 155 Å². The molecule has 27 heavy (non-hydrogen) atoms. The van der Waals surface area contributed by atoms with Crippen molar-refractivity contribution < 1.29 is 27.5 Å².